The lowest BCUT2D eigenvalue weighted by molar-refractivity contribution is -0.216. The number of phosphoric ester groups is 2. The van der Waals surface area contributed by atoms with Crippen LogP contribution in [0.2, 0.25) is 0 Å². The molecule has 0 heterocycles. The number of phosphoric acid groups is 2. The summed E-state index contributed by atoms with van der Waals surface area (Å²) in [5, 5.41) is 51.4. The van der Waals surface area contributed by atoms with E-state index in [1.807, 2.05) is 18.2 Å². The third-order valence-electron chi connectivity index (χ3n) is 10.6. The fraction of sp³-hybridized carbons (Fsp3) is 0.673. The first-order valence-electron chi connectivity index (χ1n) is 24.2. The first kappa shape index (κ1) is 63.2. The predicted molar refractivity (Wildman–Crippen MR) is 261 cm³/mol. The van der Waals surface area contributed by atoms with Crippen LogP contribution in [-0.4, -0.2) is 114 Å². The summed E-state index contributed by atoms with van der Waals surface area (Å²) in [6, 6.07) is 0. The Morgan fingerprint density at radius 2 is 1.07 bits per heavy atom. The number of hydrogen-bond donors (Lipinski definition) is 8. The van der Waals surface area contributed by atoms with Crippen LogP contribution in [-0.2, 0) is 41.8 Å². The molecule has 1 fully saturated rings. The van der Waals surface area contributed by atoms with Crippen molar-refractivity contribution >= 4 is 27.6 Å². The summed E-state index contributed by atoms with van der Waals surface area (Å²) in [6.45, 7) is 2.83. The number of hydrogen-bond acceptors (Lipinski definition) is 14. The molecular formula is C49H82O17P2. The summed E-state index contributed by atoms with van der Waals surface area (Å²) in [6.07, 6.45) is 29.8. The van der Waals surface area contributed by atoms with E-state index in [2.05, 4.69) is 79.1 Å². The van der Waals surface area contributed by atoms with E-state index in [0.29, 0.717) is 25.7 Å². The molecule has 1 aliphatic carbocycles. The van der Waals surface area contributed by atoms with Gasteiger partial charge < -0.3 is 49.7 Å². The molecule has 0 bridgehead atoms. The molecule has 8 N–H and O–H groups in total. The summed E-state index contributed by atoms with van der Waals surface area (Å²) in [5.41, 5.74) is 0. The smallest absolute Gasteiger partial charge is 0.462 e. The van der Waals surface area contributed by atoms with Crippen molar-refractivity contribution in [1.29, 1.82) is 0 Å². The second kappa shape index (κ2) is 38.8. The van der Waals surface area contributed by atoms with Gasteiger partial charge in [0.05, 0.1) is 12.7 Å². The molecule has 1 saturated carbocycles. The highest BCUT2D eigenvalue weighted by molar-refractivity contribution is 7.47. The minimum Gasteiger partial charge on any atom is -0.462 e. The van der Waals surface area contributed by atoms with Crippen LogP contribution in [0.4, 0.5) is 0 Å². The van der Waals surface area contributed by atoms with Gasteiger partial charge in [-0.05, 0) is 77.0 Å². The number of allylic oxidation sites excluding steroid dienone is 13. The molecule has 17 nitrogen and oxygen atoms in total. The van der Waals surface area contributed by atoms with Crippen molar-refractivity contribution in [3.05, 3.63) is 85.1 Å². The standard InChI is InChI=1S/C49H82O17P2/c1-3-5-7-9-11-12-13-14-15-16-17-18-19-20-21-22-24-28-32-36-42(51)62-38-41(64-43(52)37-33-29-25-27-31-35-40(50)34-30-26-23-10-8-6-4-2)39-63-68(60,61)66-49-46(55)44(53)45(54)48(47(49)56)65-67(57,58)59/h6,8,11-12,14-15,17-18,20-21,23,26,30,34,40-41,44-50,53-56H,3-5,7,9-10,13,16,19,22,24-25,27-29,31-33,35-39H2,1-2H3,(H,60,61)(H2,57,58,59)/b8-6+,12-11-,15-14-,18-17-,21-20-,26-23+,34-30+/t40?,41-,44?,45?,46?,47?,48-,49+/m1/s1. The minimum atomic E-state index is -5.38. The molecule has 0 aromatic heterocycles. The maximum atomic E-state index is 13.0. The number of carbonyl (C=O) groups is 2. The Balaban J connectivity index is 2.64. The highest BCUT2D eigenvalue weighted by Crippen LogP contribution is 2.49. The lowest BCUT2D eigenvalue weighted by Gasteiger charge is -2.43. The monoisotopic (exact) mass is 1000 g/mol. The third kappa shape index (κ3) is 32.9. The Morgan fingerprint density at radius 1 is 0.559 bits per heavy atom. The van der Waals surface area contributed by atoms with Crippen molar-refractivity contribution in [2.75, 3.05) is 13.2 Å². The highest BCUT2D eigenvalue weighted by atomic mass is 31.2. The summed E-state index contributed by atoms with van der Waals surface area (Å²) in [4.78, 5) is 54.3. The molecule has 68 heavy (non-hydrogen) atoms. The highest BCUT2D eigenvalue weighted by Gasteiger charge is 2.54. The molecule has 0 radical (unpaired) electrons. The van der Waals surface area contributed by atoms with Crippen molar-refractivity contribution in [2.45, 2.75) is 198 Å². The van der Waals surface area contributed by atoms with E-state index in [0.717, 1.165) is 77.0 Å². The second-order valence-corrected chi connectivity index (χ2v) is 19.2. The van der Waals surface area contributed by atoms with Crippen LogP contribution >= 0.6 is 15.6 Å². The fourth-order valence-corrected chi connectivity index (χ4v) is 8.32. The van der Waals surface area contributed by atoms with Gasteiger partial charge in [-0.3, -0.25) is 23.2 Å². The zero-order valence-corrected chi connectivity index (χ0v) is 41.9. The van der Waals surface area contributed by atoms with Crippen LogP contribution in [0.15, 0.2) is 85.1 Å². The molecule has 19 heteroatoms. The van der Waals surface area contributed by atoms with Gasteiger partial charge in [-0.1, -0.05) is 144 Å². The molecule has 0 saturated heterocycles. The van der Waals surface area contributed by atoms with E-state index >= 15 is 0 Å². The van der Waals surface area contributed by atoms with Gasteiger partial charge in [-0.25, -0.2) is 9.13 Å². The number of ether oxygens (including phenoxy) is 2. The van der Waals surface area contributed by atoms with Crippen LogP contribution in [0.25, 0.3) is 0 Å². The van der Waals surface area contributed by atoms with Gasteiger partial charge in [0.25, 0.3) is 0 Å². The largest absolute Gasteiger partial charge is 0.472 e. The first-order chi connectivity index (χ1) is 32.5. The zero-order valence-electron chi connectivity index (χ0n) is 40.1. The van der Waals surface area contributed by atoms with E-state index in [1.54, 1.807) is 6.08 Å². The van der Waals surface area contributed by atoms with Crippen molar-refractivity contribution < 1.29 is 82.0 Å². The number of aliphatic hydroxyl groups is 5. The zero-order chi connectivity index (χ0) is 50.5. The molecule has 9 atom stereocenters. The van der Waals surface area contributed by atoms with Crippen LogP contribution in [0, 0.1) is 0 Å². The molecule has 1 aliphatic rings. The number of esters is 2. The number of carbonyl (C=O) groups excluding carboxylic acids is 2. The lowest BCUT2D eigenvalue weighted by atomic mass is 9.85. The molecule has 6 unspecified atom stereocenters. The number of rotatable bonds is 39. The topological polar surface area (TPSA) is 276 Å². The molecule has 0 aliphatic heterocycles. The van der Waals surface area contributed by atoms with Crippen LogP contribution in [0.3, 0.4) is 0 Å². The van der Waals surface area contributed by atoms with Crippen molar-refractivity contribution in [2.24, 2.45) is 0 Å². The normalized spacial score (nSPS) is 22.4. The minimum absolute atomic E-state index is 0.0378. The van der Waals surface area contributed by atoms with Crippen molar-refractivity contribution in [3.63, 3.8) is 0 Å². The van der Waals surface area contributed by atoms with E-state index < -0.39 is 89.6 Å². The average Bonchev–Trinajstić information content (AvgIpc) is 3.29. The summed E-state index contributed by atoms with van der Waals surface area (Å²) in [5.74, 6) is -1.33. The summed E-state index contributed by atoms with van der Waals surface area (Å²) >= 11 is 0. The Hall–Kier alpha value is -2.86. The molecule has 390 valence electrons. The summed E-state index contributed by atoms with van der Waals surface area (Å²) < 4.78 is 49.3. The van der Waals surface area contributed by atoms with Gasteiger partial charge >= 0.3 is 27.6 Å². The van der Waals surface area contributed by atoms with Gasteiger partial charge in [0.15, 0.2) is 6.10 Å². The summed E-state index contributed by atoms with van der Waals surface area (Å²) in [7, 11) is -10.7. The Bertz CT molecular complexity index is 1650. The molecule has 1 rings (SSSR count). The Labute approximate surface area is 404 Å². The first-order valence-corrected chi connectivity index (χ1v) is 27.3. The van der Waals surface area contributed by atoms with Crippen molar-refractivity contribution in [1.82, 2.24) is 0 Å². The van der Waals surface area contributed by atoms with Gasteiger partial charge in [0, 0.05) is 12.8 Å². The third-order valence-corrected chi connectivity index (χ3v) is 12.1. The van der Waals surface area contributed by atoms with Gasteiger partial charge in [0.1, 0.15) is 43.2 Å². The van der Waals surface area contributed by atoms with Gasteiger partial charge in [-0.2, -0.15) is 0 Å². The molecule has 0 spiro atoms. The molecule has 0 aromatic rings. The molecule has 0 aromatic carbocycles. The van der Waals surface area contributed by atoms with Gasteiger partial charge in [-0.15, -0.1) is 0 Å². The van der Waals surface area contributed by atoms with E-state index in [-0.39, 0.29) is 12.8 Å². The van der Waals surface area contributed by atoms with Crippen LogP contribution in [0.1, 0.15) is 149 Å². The second-order valence-electron chi connectivity index (χ2n) is 16.6. The quantitative estimate of drug-likeness (QED) is 0.00944. The Morgan fingerprint density at radius 3 is 1.68 bits per heavy atom. The average molecular weight is 1010 g/mol. The Kier molecular flexibility index (Phi) is 36.1. The number of unbranched alkanes of at least 4 members (excludes halogenated alkanes) is 10. The maximum absolute atomic E-state index is 13.0. The van der Waals surface area contributed by atoms with Crippen molar-refractivity contribution in [3.8, 4) is 0 Å². The van der Waals surface area contributed by atoms with E-state index in [4.69, 9.17) is 18.5 Å². The predicted octanol–water partition coefficient (Wildman–Crippen LogP) is 8.36. The van der Waals surface area contributed by atoms with Crippen LogP contribution < -0.4 is 0 Å². The van der Waals surface area contributed by atoms with Crippen LogP contribution in [0.5, 0.6) is 0 Å². The lowest BCUT2D eigenvalue weighted by Crippen LogP contribution is -2.64. The SMILES string of the molecule is CC/C=C/C/C=C/C=C/C(O)CCCCCCCC(=O)O[C@H](COC(=O)CCCCC/C=C\C/C=C\C/C=C\C/C=C\CCCCC)COP(=O)(O)O[C@H]1C(O)C(O)C(O)[C@@H](OP(=O)(O)O)C1O. The number of aliphatic hydroxyl groups excluding tert-OH is 5. The van der Waals surface area contributed by atoms with E-state index in [1.165, 1.54) is 19.3 Å². The molecular weight excluding hydrogens is 922 g/mol. The van der Waals surface area contributed by atoms with E-state index in [9.17, 15) is 58.9 Å². The fourth-order valence-electron chi connectivity index (χ4n) is 6.78. The molecule has 0 amide bonds. The maximum Gasteiger partial charge on any atom is 0.472 e. The van der Waals surface area contributed by atoms with Gasteiger partial charge in [0.2, 0.25) is 0 Å².